The van der Waals surface area contributed by atoms with Crippen LogP contribution in [0.25, 0.3) is 4.91 Å². The summed E-state index contributed by atoms with van der Waals surface area (Å²) >= 11 is 7.33. The normalized spacial score (nSPS) is 11.5. The first-order valence-corrected chi connectivity index (χ1v) is 5.76. The number of benzene rings is 1. The molecule has 0 saturated carbocycles. The summed E-state index contributed by atoms with van der Waals surface area (Å²) in [6.07, 6.45) is 3.58. The molecule has 74 valence electrons. The molecule has 0 spiro atoms. The molecule has 0 fully saturated rings. The Morgan fingerprint density at radius 1 is 1.36 bits per heavy atom. The van der Waals surface area contributed by atoms with Gasteiger partial charge in [0.05, 0.1) is 0 Å². The molecule has 0 atom stereocenters. The van der Waals surface area contributed by atoms with Gasteiger partial charge >= 0.3 is 0 Å². The molecule has 1 aromatic rings. The number of halogens is 1. The van der Waals surface area contributed by atoms with Crippen LogP contribution in [-0.4, -0.2) is 12.0 Å². The highest BCUT2D eigenvalue weighted by Gasteiger charge is 2.00. The summed E-state index contributed by atoms with van der Waals surface area (Å²) in [6, 6.07) is 7.46. The SMILES string of the molecule is CS/C(=C\C(C)=O)c1ccc(Cl)cc1. The van der Waals surface area contributed by atoms with Gasteiger partial charge in [-0.3, -0.25) is 4.79 Å². The molecule has 0 aliphatic rings. The van der Waals surface area contributed by atoms with Crippen molar-refractivity contribution < 1.29 is 4.79 Å². The van der Waals surface area contributed by atoms with Gasteiger partial charge in [-0.25, -0.2) is 0 Å². The summed E-state index contributed by atoms with van der Waals surface area (Å²) < 4.78 is 0. The highest BCUT2D eigenvalue weighted by molar-refractivity contribution is 8.07. The molecule has 0 radical (unpaired) electrons. The number of allylic oxidation sites excluding steroid dienone is 1. The molecule has 3 heteroatoms. The Balaban J connectivity index is 3.01. The lowest BCUT2D eigenvalue weighted by Gasteiger charge is -2.03. The highest BCUT2D eigenvalue weighted by atomic mass is 35.5. The molecule has 0 aliphatic heterocycles. The molecule has 14 heavy (non-hydrogen) atoms. The van der Waals surface area contributed by atoms with E-state index < -0.39 is 0 Å². The molecule has 0 aromatic heterocycles. The van der Waals surface area contributed by atoms with Gasteiger partial charge in [-0.05, 0) is 37.0 Å². The van der Waals surface area contributed by atoms with Crippen molar-refractivity contribution in [2.45, 2.75) is 6.92 Å². The van der Waals surface area contributed by atoms with Crippen molar-refractivity contribution in [2.75, 3.05) is 6.26 Å². The topological polar surface area (TPSA) is 17.1 Å². The first-order valence-electron chi connectivity index (χ1n) is 4.15. The Morgan fingerprint density at radius 2 is 1.93 bits per heavy atom. The van der Waals surface area contributed by atoms with Crippen molar-refractivity contribution in [3.05, 3.63) is 40.9 Å². The van der Waals surface area contributed by atoms with E-state index in [1.165, 1.54) is 0 Å². The van der Waals surface area contributed by atoms with Crippen molar-refractivity contribution in [1.29, 1.82) is 0 Å². The first kappa shape index (κ1) is 11.3. The summed E-state index contributed by atoms with van der Waals surface area (Å²) in [4.78, 5) is 11.9. The molecule has 1 aromatic carbocycles. The van der Waals surface area contributed by atoms with Gasteiger partial charge in [-0.15, -0.1) is 11.8 Å². The summed E-state index contributed by atoms with van der Waals surface area (Å²) in [6.45, 7) is 1.55. The van der Waals surface area contributed by atoms with E-state index >= 15 is 0 Å². The molecule has 0 saturated heterocycles. The zero-order valence-electron chi connectivity index (χ0n) is 8.08. The van der Waals surface area contributed by atoms with Gasteiger partial charge in [0, 0.05) is 9.93 Å². The van der Waals surface area contributed by atoms with Crippen molar-refractivity contribution in [1.82, 2.24) is 0 Å². The number of thioether (sulfide) groups is 1. The first-order chi connectivity index (χ1) is 6.63. The van der Waals surface area contributed by atoms with Crippen LogP contribution in [0.5, 0.6) is 0 Å². The van der Waals surface area contributed by atoms with E-state index in [0.717, 1.165) is 10.5 Å². The van der Waals surface area contributed by atoms with Crippen LogP contribution in [0.1, 0.15) is 12.5 Å². The fraction of sp³-hybridized carbons (Fsp3) is 0.182. The van der Waals surface area contributed by atoms with Gasteiger partial charge in [-0.1, -0.05) is 23.7 Å². The predicted octanol–water partition coefficient (Wildman–Crippen LogP) is 3.63. The lowest BCUT2D eigenvalue weighted by atomic mass is 10.2. The lowest BCUT2D eigenvalue weighted by Crippen LogP contribution is -1.86. The summed E-state index contributed by atoms with van der Waals surface area (Å²) in [5.74, 6) is 0.0595. The third kappa shape index (κ3) is 3.20. The van der Waals surface area contributed by atoms with Crippen LogP contribution in [0.3, 0.4) is 0 Å². The van der Waals surface area contributed by atoms with E-state index in [1.54, 1.807) is 24.8 Å². The molecule has 0 heterocycles. The van der Waals surface area contributed by atoms with Crippen LogP contribution in [-0.2, 0) is 4.79 Å². The Morgan fingerprint density at radius 3 is 2.36 bits per heavy atom. The lowest BCUT2D eigenvalue weighted by molar-refractivity contribution is -0.112. The molecule has 0 aliphatic carbocycles. The van der Waals surface area contributed by atoms with Gasteiger partial charge in [0.25, 0.3) is 0 Å². The second-order valence-corrected chi connectivity index (χ2v) is 4.11. The van der Waals surface area contributed by atoms with Gasteiger partial charge < -0.3 is 0 Å². The van der Waals surface area contributed by atoms with Crippen molar-refractivity contribution in [2.24, 2.45) is 0 Å². The summed E-state index contributed by atoms with van der Waals surface area (Å²) in [5, 5.41) is 0.706. The average Bonchev–Trinajstić information content (AvgIpc) is 2.15. The fourth-order valence-electron chi connectivity index (χ4n) is 1.06. The van der Waals surface area contributed by atoms with Crippen LogP contribution >= 0.6 is 23.4 Å². The van der Waals surface area contributed by atoms with E-state index in [1.807, 2.05) is 30.5 Å². The van der Waals surface area contributed by atoms with E-state index in [9.17, 15) is 4.79 Å². The minimum absolute atomic E-state index is 0.0595. The Labute approximate surface area is 93.2 Å². The van der Waals surface area contributed by atoms with Crippen LogP contribution in [0.15, 0.2) is 30.3 Å². The van der Waals surface area contributed by atoms with Gasteiger partial charge in [0.1, 0.15) is 0 Å². The zero-order chi connectivity index (χ0) is 10.6. The maximum atomic E-state index is 10.9. The Hall–Kier alpha value is -0.730. The van der Waals surface area contributed by atoms with Gasteiger partial charge in [0.15, 0.2) is 5.78 Å². The molecule has 1 nitrogen and oxygen atoms in total. The molecular weight excluding hydrogens is 216 g/mol. The molecule has 0 amide bonds. The third-order valence-corrected chi connectivity index (χ3v) is 2.73. The largest absolute Gasteiger partial charge is 0.295 e. The standard InChI is InChI=1S/C11H11ClOS/c1-8(13)7-11(14-2)9-3-5-10(12)6-4-9/h3-7H,1-2H3/b11-7-. The second-order valence-electron chi connectivity index (χ2n) is 2.83. The maximum absolute atomic E-state index is 10.9. The van der Waals surface area contributed by atoms with Crippen molar-refractivity contribution >= 4 is 34.1 Å². The molecule has 0 bridgehead atoms. The minimum atomic E-state index is 0.0595. The van der Waals surface area contributed by atoms with Crippen LogP contribution < -0.4 is 0 Å². The van der Waals surface area contributed by atoms with E-state index in [-0.39, 0.29) is 5.78 Å². The molecular formula is C11H11ClOS. The number of rotatable bonds is 3. The summed E-state index contributed by atoms with van der Waals surface area (Å²) in [7, 11) is 0. The smallest absolute Gasteiger partial charge is 0.153 e. The van der Waals surface area contributed by atoms with Crippen molar-refractivity contribution in [3.63, 3.8) is 0 Å². The molecule has 0 N–H and O–H groups in total. The number of hydrogen-bond acceptors (Lipinski definition) is 2. The van der Waals surface area contributed by atoms with Crippen LogP contribution in [0.2, 0.25) is 5.02 Å². The van der Waals surface area contributed by atoms with Crippen molar-refractivity contribution in [3.8, 4) is 0 Å². The number of carbonyl (C=O) groups is 1. The monoisotopic (exact) mass is 226 g/mol. The third-order valence-electron chi connectivity index (χ3n) is 1.68. The fourth-order valence-corrected chi connectivity index (χ4v) is 1.84. The minimum Gasteiger partial charge on any atom is -0.295 e. The molecule has 1 rings (SSSR count). The summed E-state index contributed by atoms with van der Waals surface area (Å²) in [5.41, 5.74) is 1.03. The number of hydrogen-bond donors (Lipinski definition) is 0. The quantitative estimate of drug-likeness (QED) is 0.733. The predicted molar refractivity (Wildman–Crippen MR) is 63.6 cm³/mol. The Kier molecular flexibility index (Phi) is 4.23. The Bertz CT molecular complexity index is 354. The zero-order valence-corrected chi connectivity index (χ0v) is 9.65. The van der Waals surface area contributed by atoms with Gasteiger partial charge in [0.2, 0.25) is 0 Å². The van der Waals surface area contributed by atoms with Gasteiger partial charge in [-0.2, -0.15) is 0 Å². The maximum Gasteiger partial charge on any atom is 0.153 e. The number of ketones is 1. The average molecular weight is 227 g/mol. The number of carbonyl (C=O) groups excluding carboxylic acids is 1. The van der Waals surface area contributed by atoms with E-state index in [0.29, 0.717) is 5.02 Å². The van der Waals surface area contributed by atoms with Crippen LogP contribution in [0, 0.1) is 0 Å². The van der Waals surface area contributed by atoms with Crippen LogP contribution in [0.4, 0.5) is 0 Å². The second kappa shape index (κ2) is 5.23. The molecule has 0 unspecified atom stereocenters. The van der Waals surface area contributed by atoms with E-state index in [4.69, 9.17) is 11.6 Å². The highest BCUT2D eigenvalue weighted by Crippen LogP contribution is 2.25. The van der Waals surface area contributed by atoms with E-state index in [2.05, 4.69) is 0 Å².